The van der Waals surface area contributed by atoms with Crippen LogP contribution in [0.5, 0.6) is 0 Å². The normalized spacial score (nSPS) is 12.0. The lowest BCUT2D eigenvalue weighted by Crippen LogP contribution is -2.29. The molecule has 0 radical (unpaired) electrons. The number of nitrogens with one attached hydrogen (secondary N) is 2. The van der Waals surface area contributed by atoms with Crippen LogP contribution in [0.15, 0.2) is 47.4 Å². The number of thiophene rings is 1. The smallest absolute Gasteiger partial charge is 0.241 e. The summed E-state index contributed by atoms with van der Waals surface area (Å²) in [6.07, 6.45) is 0. The van der Waals surface area contributed by atoms with Gasteiger partial charge < -0.3 is 5.32 Å². The van der Waals surface area contributed by atoms with Crippen LogP contribution in [0.3, 0.4) is 0 Å². The molecule has 0 spiro atoms. The van der Waals surface area contributed by atoms with Gasteiger partial charge in [0, 0.05) is 23.4 Å². The molecular weight excluding hydrogens is 404 g/mol. The highest BCUT2D eigenvalue weighted by molar-refractivity contribution is 7.89. The summed E-state index contributed by atoms with van der Waals surface area (Å²) in [5, 5.41) is 5.90. The average molecular weight is 427 g/mol. The van der Waals surface area contributed by atoms with E-state index in [1.165, 1.54) is 4.88 Å². The van der Waals surface area contributed by atoms with E-state index in [-0.39, 0.29) is 6.54 Å². The molecule has 0 saturated carbocycles. The van der Waals surface area contributed by atoms with Crippen LogP contribution >= 0.6 is 11.3 Å². The zero-order chi connectivity index (χ0) is 20.6. The Morgan fingerprint density at radius 3 is 2.55 bits per heavy atom. The standard InChI is InChI=1S/C21H22N4O2S2/c1-13-14(2)28-21-19(13)20(24-15(3)25-21)22-11-12-23-29(26,27)18-10-6-8-16-7-4-5-9-17(16)18/h4-10,23H,11-12H2,1-3H3,(H,22,24,25). The Kier molecular flexibility index (Phi) is 5.24. The topological polar surface area (TPSA) is 84.0 Å². The molecule has 4 rings (SSSR count). The van der Waals surface area contributed by atoms with E-state index in [9.17, 15) is 8.42 Å². The minimum atomic E-state index is -3.62. The van der Waals surface area contributed by atoms with Gasteiger partial charge in [0.1, 0.15) is 16.5 Å². The van der Waals surface area contributed by atoms with Gasteiger partial charge in [-0.15, -0.1) is 11.3 Å². The van der Waals surface area contributed by atoms with Gasteiger partial charge in [-0.3, -0.25) is 0 Å². The van der Waals surface area contributed by atoms with Crippen molar-refractivity contribution in [3.63, 3.8) is 0 Å². The molecule has 0 bridgehead atoms. The van der Waals surface area contributed by atoms with Crippen LogP contribution in [0.2, 0.25) is 0 Å². The highest BCUT2D eigenvalue weighted by Crippen LogP contribution is 2.33. The van der Waals surface area contributed by atoms with Gasteiger partial charge in [-0.05, 0) is 37.8 Å². The first-order valence-electron chi connectivity index (χ1n) is 9.32. The number of aryl methyl sites for hydroxylation is 3. The van der Waals surface area contributed by atoms with Gasteiger partial charge in [0.25, 0.3) is 0 Å². The van der Waals surface area contributed by atoms with E-state index < -0.39 is 10.0 Å². The molecule has 0 aliphatic rings. The van der Waals surface area contributed by atoms with E-state index in [2.05, 4.69) is 33.9 Å². The summed E-state index contributed by atoms with van der Waals surface area (Å²) < 4.78 is 28.3. The summed E-state index contributed by atoms with van der Waals surface area (Å²) in [4.78, 5) is 11.5. The van der Waals surface area contributed by atoms with Gasteiger partial charge in [0.05, 0.1) is 10.3 Å². The molecule has 150 valence electrons. The molecule has 0 fully saturated rings. The van der Waals surface area contributed by atoms with Gasteiger partial charge in [0.2, 0.25) is 10.0 Å². The first kappa shape index (κ1) is 19.8. The molecule has 2 heterocycles. The molecule has 2 N–H and O–H groups in total. The van der Waals surface area contributed by atoms with Crippen molar-refractivity contribution >= 4 is 48.2 Å². The molecule has 2 aromatic heterocycles. The molecule has 0 atom stereocenters. The van der Waals surface area contributed by atoms with Crippen LogP contribution < -0.4 is 10.0 Å². The first-order valence-corrected chi connectivity index (χ1v) is 11.6. The number of benzene rings is 2. The van der Waals surface area contributed by atoms with Gasteiger partial charge in [-0.25, -0.2) is 23.1 Å². The molecule has 6 nitrogen and oxygen atoms in total. The molecule has 0 amide bonds. The van der Waals surface area contributed by atoms with Crippen molar-refractivity contribution in [2.75, 3.05) is 18.4 Å². The number of hydrogen-bond donors (Lipinski definition) is 2. The minimum Gasteiger partial charge on any atom is -0.368 e. The fourth-order valence-corrected chi connectivity index (χ4v) is 5.69. The van der Waals surface area contributed by atoms with E-state index >= 15 is 0 Å². The molecule has 0 saturated heterocycles. The molecule has 2 aromatic carbocycles. The lowest BCUT2D eigenvalue weighted by atomic mass is 10.1. The Bertz CT molecular complexity index is 1310. The van der Waals surface area contributed by atoms with Gasteiger partial charge >= 0.3 is 0 Å². The molecular formula is C21H22N4O2S2. The Balaban J connectivity index is 1.50. The van der Waals surface area contributed by atoms with Gasteiger partial charge in [-0.1, -0.05) is 36.4 Å². The van der Waals surface area contributed by atoms with Crippen molar-refractivity contribution in [1.29, 1.82) is 0 Å². The molecule has 4 aromatic rings. The lowest BCUT2D eigenvalue weighted by molar-refractivity contribution is 0.584. The second-order valence-corrected chi connectivity index (χ2v) is 9.82. The van der Waals surface area contributed by atoms with Crippen LogP contribution in [0.25, 0.3) is 21.0 Å². The van der Waals surface area contributed by atoms with Crippen LogP contribution in [-0.2, 0) is 10.0 Å². The maximum absolute atomic E-state index is 12.8. The Morgan fingerprint density at radius 1 is 0.966 bits per heavy atom. The minimum absolute atomic E-state index is 0.248. The van der Waals surface area contributed by atoms with Crippen LogP contribution in [0.4, 0.5) is 5.82 Å². The van der Waals surface area contributed by atoms with Crippen molar-refractivity contribution in [1.82, 2.24) is 14.7 Å². The zero-order valence-electron chi connectivity index (χ0n) is 16.5. The second kappa shape index (κ2) is 7.70. The van der Waals surface area contributed by atoms with Crippen molar-refractivity contribution < 1.29 is 8.42 Å². The third-order valence-electron chi connectivity index (χ3n) is 4.89. The van der Waals surface area contributed by atoms with Crippen molar-refractivity contribution in [3.8, 4) is 0 Å². The number of hydrogen-bond acceptors (Lipinski definition) is 6. The van der Waals surface area contributed by atoms with Crippen molar-refractivity contribution in [2.45, 2.75) is 25.7 Å². The SMILES string of the molecule is Cc1nc(NCCNS(=O)(=O)c2cccc3ccccc23)c2c(C)c(C)sc2n1. The summed E-state index contributed by atoms with van der Waals surface area (Å²) in [5.41, 5.74) is 1.16. The summed E-state index contributed by atoms with van der Waals surface area (Å²) in [7, 11) is -3.62. The fraction of sp³-hybridized carbons (Fsp3) is 0.238. The first-order chi connectivity index (χ1) is 13.9. The van der Waals surface area contributed by atoms with Crippen LogP contribution in [-0.4, -0.2) is 31.5 Å². The third kappa shape index (κ3) is 3.83. The average Bonchev–Trinajstić information content (AvgIpc) is 2.98. The number of fused-ring (bicyclic) bond motifs is 2. The molecule has 8 heteroatoms. The molecule has 0 aliphatic carbocycles. The zero-order valence-corrected chi connectivity index (χ0v) is 18.1. The molecule has 0 aliphatic heterocycles. The van der Waals surface area contributed by atoms with E-state index in [0.717, 1.165) is 27.0 Å². The van der Waals surface area contributed by atoms with Gasteiger partial charge in [0.15, 0.2) is 0 Å². The Labute approximate surface area is 174 Å². The van der Waals surface area contributed by atoms with E-state index in [1.807, 2.05) is 37.3 Å². The molecule has 29 heavy (non-hydrogen) atoms. The summed E-state index contributed by atoms with van der Waals surface area (Å²) in [6.45, 7) is 6.65. The van der Waals surface area contributed by atoms with Crippen LogP contribution in [0, 0.1) is 20.8 Å². The number of aromatic nitrogens is 2. The predicted molar refractivity (Wildman–Crippen MR) is 119 cm³/mol. The van der Waals surface area contributed by atoms with E-state index in [0.29, 0.717) is 22.7 Å². The Hall–Kier alpha value is -2.55. The lowest BCUT2D eigenvalue weighted by Gasteiger charge is -2.11. The number of sulfonamides is 1. The fourth-order valence-electron chi connectivity index (χ4n) is 3.36. The van der Waals surface area contributed by atoms with Crippen LogP contribution in [0.1, 0.15) is 16.3 Å². The van der Waals surface area contributed by atoms with E-state index in [4.69, 9.17) is 0 Å². The summed E-state index contributed by atoms with van der Waals surface area (Å²) >= 11 is 1.65. The maximum atomic E-state index is 12.8. The number of nitrogens with zero attached hydrogens (tertiary/aromatic N) is 2. The highest BCUT2D eigenvalue weighted by Gasteiger charge is 2.17. The summed E-state index contributed by atoms with van der Waals surface area (Å²) in [6, 6.07) is 12.8. The van der Waals surface area contributed by atoms with E-state index in [1.54, 1.807) is 23.5 Å². The number of rotatable bonds is 6. The van der Waals surface area contributed by atoms with Crippen molar-refractivity contribution in [3.05, 3.63) is 58.7 Å². The molecule has 0 unspecified atom stereocenters. The monoisotopic (exact) mass is 426 g/mol. The highest BCUT2D eigenvalue weighted by atomic mass is 32.2. The largest absolute Gasteiger partial charge is 0.368 e. The van der Waals surface area contributed by atoms with Gasteiger partial charge in [-0.2, -0.15) is 0 Å². The maximum Gasteiger partial charge on any atom is 0.241 e. The quantitative estimate of drug-likeness (QED) is 0.452. The van der Waals surface area contributed by atoms with Crippen molar-refractivity contribution in [2.24, 2.45) is 0 Å². The number of anilines is 1. The third-order valence-corrected chi connectivity index (χ3v) is 7.51. The second-order valence-electron chi connectivity index (χ2n) is 6.88. The Morgan fingerprint density at radius 2 is 1.72 bits per heavy atom. The summed E-state index contributed by atoms with van der Waals surface area (Å²) in [5.74, 6) is 1.44. The predicted octanol–water partition coefficient (Wildman–Crippen LogP) is 4.16.